The zero-order chi connectivity index (χ0) is 14.8. The summed E-state index contributed by atoms with van der Waals surface area (Å²) in [5.74, 6) is 0.943. The first-order chi connectivity index (χ1) is 10.2. The average Bonchev–Trinajstić information content (AvgIpc) is 2.67. The molecule has 0 saturated heterocycles. The highest BCUT2D eigenvalue weighted by molar-refractivity contribution is 5.94. The Balaban J connectivity index is 0.00000132. The first-order valence-corrected chi connectivity index (χ1v) is 7.69. The minimum atomic E-state index is -0.181. The minimum absolute atomic E-state index is 0. The molecule has 5 nitrogen and oxygen atoms in total. The molecule has 1 aliphatic rings. The number of rotatable bonds is 3. The molecule has 0 fully saturated rings. The van der Waals surface area contributed by atoms with Gasteiger partial charge in [-0.25, -0.2) is 4.98 Å². The number of anilines is 1. The van der Waals surface area contributed by atoms with Crippen molar-refractivity contribution in [2.24, 2.45) is 11.7 Å². The van der Waals surface area contributed by atoms with E-state index in [2.05, 4.69) is 16.0 Å². The smallest absolute Gasteiger partial charge is 0.228 e. The molecule has 128 valence electrons. The van der Waals surface area contributed by atoms with Crippen molar-refractivity contribution in [2.75, 3.05) is 11.9 Å². The Labute approximate surface area is 148 Å². The molecule has 2 heterocycles. The number of hydrogen-bond donors (Lipinski definition) is 2. The number of halogens is 2. The van der Waals surface area contributed by atoms with Gasteiger partial charge in [-0.2, -0.15) is 0 Å². The lowest BCUT2D eigenvalue weighted by Gasteiger charge is -2.10. The van der Waals surface area contributed by atoms with E-state index in [-0.39, 0.29) is 36.6 Å². The number of carbonyl (C=O) groups is 1. The molecule has 0 radical (unpaired) electrons. The van der Waals surface area contributed by atoms with Crippen molar-refractivity contribution in [3.8, 4) is 0 Å². The molecule has 1 aliphatic heterocycles. The number of aryl methyl sites for hydroxylation is 2. The predicted molar refractivity (Wildman–Crippen MR) is 98.6 cm³/mol. The van der Waals surface area contributed by atoms with Crippen LogP contribution in [0, 0.1) is 5.92 Å². The number of hydrogen-bond acceptors (Lipinski definition) is 3. The summed E-state index contributed by atoms with van der Waals surface area (Å²) in [7, 11) is 0. The van der Waals surface area contributed by atoms with Gasteiger partial charge in [0.15, 0.2) is 0 Å². The van der Waals surface area contributed by atoms with Crippen LogP contribution in [-0.4, -0.2) is 22.0 Å². The quantitative estimate of drug-likeness (QED) is 0.884. The zero-order valence-electron chi connectivity index (χ0n) is 13.2. The van der Waals surface area contributed by atoms with Gasteiger partial charge in [0.05, 0.1) is 11.0 Å². The van der Waals surface area contributed by atoms with Crippen molar-refractivity contribution in [2.45, 2.75) is 39.2 Å². The molecule has 2 aromatic rings. The standard InChI is InChI=1S/C16H22N4O.2ClH/c1-11(10-17)16(21)18-12-6-7-14-13(9-12)19-15-5-3-2-4-8-20(14)15;;/h6-7,9,11H,2-5,8,10,17H2,1H3,(H,18,21);2*1H. The van der Waals surface area contributed by atoms with Crippen molar-refractivity contribution >= 4 is 47.4 Å². The lowest BCUT2D eigenvalue weighted by molar-refractivity contribution is -0.119. The third-order valence-corrected chi connectivity index (χ3v) is 4.18. The van der Waals surface area contributed by atoms with Gasteiger partial charge in [-0.05, 0) is 31.0 Å². The van der Waals surface area contributed by atoms with Gasteiger partial charge in [-0.1, -0.05) is 13.3 Å². The van der Waals surface area contributed by atoms with Gasteiger partial charge in [0, 0.05) is 31.1 Å². The average molecular weight is 359 g/mol. The number of nitrogens with one attached hydrogen (secondary N) is 1. The molecule has 1 atom stereocenters. The maximum absolute atomic E-state index is 11.9. The van der Waals surface area contributed by atoms with Crippen LogP contribution >= 0.6 is 24.8 Å². The number of benzene rings is 1. The molecule has 0 bridgehead atoms. The number of imidazole rings is 1. The minimum Gasteiger partial charge on any atom is -0.330 e. The second-order valence-electron chi connectivity index (χ2n) is 5.82. The van der Waals surface area contributed by atoms with E-state index in [4.69, 9.17) is 10.7 Å². The highest BCUT2D eigenvalue weighted by Crippen LogP contribution is 2.24. The van der Waals surface area contributed by atoms with Crippen molar-refractivity contribution < 1.29 is 4.79 Å². The number of fused-ring (bicyclic) bond motifs is 3. The van der Waals surface area contributed by atoms with Crippen LogP contribution in [-0.2, 0) is 17.8 Å². The van der Waals surface area contributed by atoms with E-state index in [9.17, 15) is 4.79 Å². The monoisotopic (exact) mass is 358 g/mol. The van der Waals surface area contributed by atoms with E-state index >= 15 is 0 Å². The summed E-state index contributed by atoms with van der Waals surface area (Å²) in [5.41, 5.74) is 8.44. The first-order valence-electron chi connectivity index (χ1n) is 7.69. The Hall–Kier alpha value is -1.30. The first kappa shape index (κ1) is 19.7. The van der Waals surface area contributed by atoms with E-state index in [0.717, 1.165) is 29.7 Å². The Morgan fingerprint density at radius 3 is 2.87 bits per heavy atom. The highest BCUT2D eigenvalue weighted by atomic mass is 35.5. The van der Waals surface area contributed by atoms with Gasteiger partial charge in [-0.3, -0.25) is 4.79 Å². The van der Waals surface area contributed by atoms with E-state index in [1.54, 1.807) is 0 Å². The van der Waals surface area contributed by atoms with Crippen LogP contribution in [0.4, 0.5) is 5.69 Å². The molecule has 3 rings (SSSR count). The largest absolute Gasteiger partial charge is 0.330 e. The third kappa shape index (κ3) is 4.16. The molecule has 0 aliphatic carbocycles. The number of carbonyl (C=O) groups excluding carboxylic acids is 1. The molecule has 1 amide bonds. The van der Waals surface area contributed by atoms with Crippen LogP contribution < -0.4 is 11.1 Å². The van der Waals surface area contributed by atoms with Crippen molar-refractivity contribution in [1.82, 2.24) is 9.55 Å². The van der Waals surface area contributed by atoms with E-state index < -0.39 is 0 Å². The van der Waals surface area contributed by atoms with Gasteiger partial charge < -0.3 is 15.6 Å². The third-order valence-electron chi connectivity index (χ3n) is 4.18. The molecular formula is C16H24Cl2N4O. The van der Waals surface area contributed by atoms with E-state index in [1.807, 2.05) is 19.1 Å². The molecule has 1 unspecified atom stereocenters. The van der Waals surface area contributed by atoms with Crippen molar-refractivity contribution in [1.29, 1.82) is 0 Å². The van der Waals surface area contributed by atoms with E-state index in [1.165, 1.54) is 25.1 Å². The van der Waals surface area contributed by atoms with Crippen LogP contribution in [0.5, 0.6) is 0 Å². The zero-order valence-corrected chi connectivity index (χ0v) is 14.9. The van der Waals surface area contributed by atoms with Crippen LogP contribution in [0.15, 0.2) is 18.2 Å². The van der Waals surface area contributed by atoms with Crippen molar-refractivity contribution in [3.05, 3.63) is 24.0 Å². The van der Waals surface area contributed by atoms with Crippen molar-refractivity contribution in [3.63, 3.8) is 0 Å². The highest BCUT2D eigenvalue weighted by Gasteiger charge is 2.15. The second-order valence-corrected chi connectivity index (χ2v) is 5.82. The molecule has 0 spiro atoms. The van der Waals surface area contributed by atoms with Gasteiger partial charge in [0.25, 0.3) is 0 Å². The topological polar surface area (TPSA) is 72.9 Å². The van der Waals surface area contributed by atoms with Gasteiger partial charge in [0.2, 0.25) is 5.91 Å². The molecule has 0 saturated carbocycles. The van der Waals surface area contributed by atoms with E-state index in [0.29, 0.717) is 6.54 Å². The fraction of sp³-hybridized carbons (Fsp3) is 0.500. The lowest BCUT2D eigenvalue weighted by atomic mass is 10.1. The number of nitrogens with zero attached hydrogens (tertiary/aromatic N) is 2. The number of nitrogens with two attached hydrogens (primary N) is 1. The molecule has 1 aromatic heterocycles. The van der Waals surface area contributed by atoms with Crippen LogP contribution in [0.1, 0.15) is 32.0 Å². The fourth-order valence-electron chi connectivity index (χ4n) is 2.80. The molecule has 1 aromatic carbocycles. The normalized spacial score (nSPS) is 14.9. The Morgan fingerprint density at radius 1 is 1.35 bits per heavy atom. The van der Waals surface area contributed by atoms with Gasteiger partial charge in [0.1, 0.15) is 5.82 Å². The Bertz CT molecular complexity index is 671. The second kappa shape index (κ2) is 8.52. The Morgan fingerprint density at radius 2 is 2.13 bits per heavy atom. The lowest BCUT2D eigenvalue weighted by Crippen LogP contribution is -2.26. The summed E-state index contributed by atoms with van der Waals surface area (Å²) in [6, 6.07) is 5.96. The van der Waals surface area contributed by atoms with Gasteiger partial charge in [-0.15, -0.1) is 24.8 Å². The fourth-order valence-corrected chi connectivity index (χ4v) is 2.80. The molecule has 7 heteroatoms. The molecule has 3 N–H and O–H groups in total. The van der Waals surface area contributed by atoms with Crippen LogP contribution in [0.2, 0.25) is 0 Å². The summed E-state index contributed by atoms with van der Waals surface area (Å²) in [4.78, 5) is 16.6. The number of amides is 1. The maximum atomic E-state index is 11.9. The van der Waals surface area contributed by atoms with Crippen LogP contribution in [0.25, 0.3) is 11.0 Å². The Kier molecular flexibility index (Phi) is 7.32. The summed E-state index contributed by atoms with van der Waals surface area (Å²) in [5, 5.41) is 2.91. The summed E-state index contributed by atoms with van der Waals surface area (Å²) >= 11 is 0. The number of aromatic nitrogens is 2. The predicted octanol–water partition coefficient (Wildman–Crippen LogP) is 3.14. The molecular weight excluding hydrogens is 335 g/mol. The van der Waals surface area contributed by atoms with Gasteiger partial charge >= 0.3 is 0 Å². The molecule has 23 heavy (non-hydrogen) atoms. The summed E-state index contributed by atoms with van der Waals surface area (Å²) in [6.07, 6.45) is 4.74. The summed E-state index contributed by atoms with van der Waals surface area (Å²) < 4.78 is 2.32. The van der Waals surface area contributed by atoms with Crippen LogP contribution in [0.3, 0.4) is 0 Å². The maximum Gasteiger partial charge on any atom is 0.228 e. The summed E-state index contributed by atoms with van der Waals surface area (Å²) in [6.45, 7) is 3.22. The SMILES string of the molecule is CC(CN)C(=O)Nc1ccc2c(c1)nc1n2CCCCC1.Cl.Cl.